The third-order valence-corrected chi connectivity index (χ3v) is 2.06. The molecule has 0 bridgehead atoms. The lowest BCUT2D eigenvalue weighted by atomic mass is 10.1. The summed E-state index contributed by atoms with van der Waals surface area (Å²) in [6.45, 7) is 2.65. The SMILES string of the molecule is CCC(C(N)=NO)N(CCO)CCO. The van der Waals surface area contributed by atoms with Gasteiger partial charge in [0, 0.05) is 13.1 Å². The molecule has 0 aromatic carbocycles. The van der Waals surface area contributed by atoms with Gasteiger partial charge in [0.15, 0.2) is 5.84 Å². The quantitative estimate of drug-likeness (QED) is 0.181. The minimum Gasteiger partial charge on any atom is -0.409 e. The highest BCUT2D eigenvalue weighted by atomic mass is 16.4. The molecule has 5 N–H and O–H groups in total. The highest BCUT2D eigenvalue weighted by Crippen LogP contribution is 2.03. The van der Waals surface area contributed by atoms with E-state index >= 15 is 0 Å². The molecule has 6 nitrogen and oxygen atoms in total. The molecule has 0 radical (unpaired) electrons. The van der Waals surface area contributed by atoms with Crippen molar-refractivity contribution in [3.8, 4) is 0 Å². The third-order valence-electron chi connectivity index (χ3n) is 2.06. The van der Waals surface area contributed by atoms with Crippen molar-refractivity contribution in [2.24, 2.45) is 10.9 Å². The van der Waals surface area contributed by atoms with E-state index in [4.69, 9.17) is 21.2 Å². The van der Waals surface area contributed by atoms with E-state index in [1.165, 1.54) is 0 Å². The van der Waals surface area contributed by atoms with Crippen LogP contribution >= 0.6 is 0 Å². The average Bonchev–Trinajstić information content (AvgIpc) is 2.19. The van der Waals surface area contributed by atoms with Gasteiger partial charge in [-0.2, -0.15) is 0 Å². The Labute approximate surface area is 83.6 Å². The Hall–Kier alpha value is -0.850. The Kier molecular flexibility index (Phi) is 7.09. The number of nitrogens with two attached hydrogens (primary N) is 1. The number of rotatable bonds is 7. The van der Waals surface area contributed by atoms with Gasteiger partial charge < -0.3 is 21.2 Å². The summed E-state index contributed by atoms with van der Waals surface area (Å²) in [7, 11) is 0. The van der Waals surface area contributed by atoms with Crippen LogP contribution in [-0.4, -0.2) is 58.5 Å². The topological polar surface area (TPSA) is 102 Å². The van der Waals surface area contributed by atoms with E-state index in [-0.39, 0.29) is 25.1 Å². The fourth-order valence-electron chi connectivity index (χ4n) is 1.40. The lowest BCUT2D eigenvalue weighted by Gasteiger charge is -2.28. The zero-order valence-electron chi connectivity index (χ0n) is 8.43. The number of aliphatic hydroxyl groups excluding tert-OH is 2. The summed E-state index contributed by atoms with van der Waals surface area (Å²) < 4.78 is 0. The third kappa shape index (κ3) is 3.91. The smallest absolute Gasteiger partial charge is 0.156 e. The highest BCUT2D eigenvalue weighted by Gasteiger charge is 2.19. The zero-order chi connectivity index (χ0) is 11.0. The standard InChI is InChI=1S/C8H19N3O3/c1-2-7(8(9)10-14)11(3-5-12)4-6-13/h7,12-14H,2-6H2,1H3,(H2,9,10). The first kappa shape index (κ1) is 13.2. The molecule has 0 aromatic heterocycles. The monoisotopic (exact) mass is 205 g/mol. The predicted molar refractivity (Wildman–Crippen MR) is 53.2 cm³/mol. The predicted octanol–water partition coefficient (Wildman–Crippen LogP) is -1.20. The van der Waals surface area contributed by atoms with Crippen LogP contribution < -0.4 is 5.73 Å². The van der Waals surface area contributed by atoms with Gasteiger partial charge in [-0.3, -0.25) is 4.90 Å². The molecular weight excluding hydrogens is 186 g/mol. The van der Waals surface area contributed by atoms with Crippen molar-refractivity contribution < 1.29 is 15.4 Å². The molecule has 6 heteroatoms. The van der Waals surface area contributed by atoms with Crippen LogP contribution in [0.4, 0.5) is 0 Å². The van der Waals surface area contributed by atoms with Gasteiger partial charge in [0.2, 0.25) is 0 Å². The first-order valence-corrected chi connectivity index (χ1v) is 4.64. The van der Waals surface area contributed by atoms with E-state index in [2.05, 4.69) is 5.16 Å². The first-order chi connectivity index (χ1) is 6.71. The molecule has 1 atom stereocenters. The van der Waals surface area contributed by atoms with Crippen molar-refractivity contribution in [3.05, 3.63) is 0 Å². The average molecular weight is 205 g/mol. The molecule has 0 spiro atoms. The maximum atomic E-state index is 8.80. The largest absolute Gasteiger partial charge is 0.409 e. The van der Waals surface area contributed by atoms with E-state index in [0.29, 0.717) is 19.5 Å². The van der Waals surface area contributed by atoms with E-state index in [1.54, 1.807) is 4.90 Å². The van der Waals surface area contributed by atoms with Crippen LogP contribution in [-0.2, 0) is 0 Å². The van der Waals surface area contributed by atoms with Crippen molar-refractivity contribution in [2.45, 2.75) is 19.4 Å². The Morgan fingerprint density at radius 2 is 1.86 bits per heavy atom. The Morgan fingerprint density at radius 1 is 1.36 bits per heavy atom. The Balaban J connectivity index is 4.40. The van der Waals surface area contributed by atoms with Gasteiger partial charge in [0.1, 0.15) is 0 Å². The molecule has 14 heavy (non-hydrogen) atoms. The molecule has 84 valence electrons. The molecule has 0 aliphatic heterocycles. The minimum absolute atomic E-state index is 0.0186. The van der Waals surface area contributed by atoms with Crippen LogP contribution in [0.1, 0.15) is 13.3 Å². The molecule has 0 aliphatic rings. The maximum Gasteiger partial charge on any atom is 0.156 e. The normalized spacial score (nSPS) is 14.7. The van der Waals surface area contributed by atoms with Gasteiger partial charge in [-0.25, -0.2) is 0 Å². The van der Waals surface area contributed by atoms with Crippen LogP contribution in [0.25, 0.3) is 0 Å². The zero-order valence-corrected chi connectivity index (χ0v) is 8.43. The fraction of sp³-hybridized carbons (Fsp3) is 0.875. The van der Waals surface area contributed by atoms with Crippen LogP contribution in [0.2, 0.25) is 0 Å². The lowest BCUT2D eigenvalue weighted by molar-refractivity contribution is 0.141. The number of nitrogens with zero attached hydrogens (tertiary/aromatic N) is 2. The summed E-state index contributed by atoms with van der Waals surface area (Å²) in [6.07, 6.45) is 0.663. The number of amidine groups is 1. The summed E-state index contributed by atoms with van der Waals surface area (Å²) in [4.78, 5) is 1.77. The second-order valence-electron chi connectivity index (χ2n) is 2.93. The van der Waals surface area contributed by atoms with E-state index in [1.807, 2.05) is 6.92 Å². The second kappa shape index (κ2) is 7.54. The lowest BCUT2D eigenvalue weighted by Crippen LogP contribution is -2.46. The van der Waals surface area contributed by atoms with Crippen LogP contribution in [0, 0.1) is 0 Å². The number of hydrogen-bond acceptors (Lipinski definition) is 5. The van der Waals surface area contributed by atoms with E-state index in [0.717, 1.165) is 0 Å². The van der Waals surface area contributed by atoms with Gasteiger partial charge in [0.25, 0.3) is 0 Å². The molecule has 0 heterocycles. The molecular formula is C8H19N3O3. The second-order valence-corrected chi connectivity index (χ2v) is 2.93. The van der Waals surface area contributed by atoms with Gasteiger partial charge in [-0.05, 0) is 6.42 Å². The molecule has 1 unspecified atom stereocenters. The first-order valence-electron chi connectivity index (χ1n) is 4.64. The molecule has 0 rings (SSSR count). The van der Waals surface area contributed by atoms with Gasteiger partial charge in [0.05, 0.1) is 19.3 Å². The van der Waals surface area contributed by atoms with E-state index in [9.17, 15) is 0 Å². The number of hydrogen-bond donors (Lipinski definition) is 4. The highest BCUT2D eigenvalue weighted by molar-refractivity contribution is 5.85. The van der Waals surface area contributed by atoms with Crippen molar-refractivity contribution in [1.82, 2.24) is 4.90 Å². The van der Waals surface area contributed by atoms with Gasteiger partial charge in [-0.1, -0.05) is 12.1 Å². The van der Waals surface area contributed by atoms with Crippen LogP contribution in [0.5, 0.6) is 0 Å². The van der Waals surface area contributed by atoms with Crippen LogP contribution in [0.15, 0.2) is 5.16 Å². The molecule has 0 fully saturated rings. The van der Waals surface area contributed by atoms with Gasteiger partial charge >= 0.3 is 0 Å². The Morgan fingerprint density at radius 3 is 2.14 bits per heavy atom. The maximum absolute atomic E-state index is 8.80. The van der Waals surface area contributed by atoms with Crippen molar-refractivity contribution in [2.75, 3.05) is 26.3 Å². The molecule has 0 aromatic rings. The molecule has 0 amide bonds. The molecule has 0 saturated carbocycles. The summed E-state index contributed by atoms with van der Waals surface area (Å²) in [5.41, 5.74) is 5.48. The number of aliphatic hydroxyl groups is 2. The van der Waals surface area contributed by atoms with Gasteiger partial charge in [-0.15, -0.1) is 0 Å². The molecule has 0 aliphatic carbocycles. The summed E-state index contributed by atoms with van der Waals surface area (Å²) in [5, 5.41) is 29.1. The fourth-order valence-corrected chi connectivity index (χ4v) is 1.40. The van der Waals surface area contributed by atoms with E-state index < -0.39 is 0 Å². The van der Waals surface area contributed by atoms with Crippen molar-refractivity contribution >= 4 is 5.84 Å². The summed E-state index contributed by atoms with van der Waals surface area (Å²) in [6, 6.07) is -0.237. The van der Waals surface area contributed by atoms with Crippen molar-refractivity contribution in [3.63, 3.8) is 0 Å². The minimum atomic E-state index is -0.237. The Bertz CT molecular complexity index is 169. The summed E-state index contributed by atoms with van der Waals surface area (Å²) in [5.74, 6) is 0.106. The number of oxime groups is 1. The van der Waals surface area contributed by atoms with Crippen LogP contribution in [0.3, 0.4) is 0 Å². The van der Waals surface area contributed by atoms with Crippen molar-refractivity contribution in [1.29, 1.82) is 0 Å². The molecule has 0 saturated heterocycles. The summed E-state index contributed by atoms with van der Waals surface area (Å²) >= 11 is 0.